The topological polar surface area (TPSA) is 58.5 Å². The summed E-state index contributed by atoms with van der Waals surface area (Å²) in [5.74, 6) is -0.435. The van der Waals surface area contributed by atoms with E-state index in [0.29, 0.717) is 5.69 Å². The van der Waals surface area contributed by atoms with Crippen molar-refractivity contribution in [2.75, 3.05) is 4.72 Å². The van der Waals surface area contributed by atoms with Crippen LogP contribution in [0.25, 0.3) is 0 Å². The van der Waals surface area contributed by atoms with Crippen LogP contribution in [-0.2, 0) is 10.0 Å². The largest absolute Gasteiger partial charge is 0.280 e. The van der Waals surface area contributed by atoms with Gasteiger partial charge in [0.1, 0.15) is 5.82 Å². The second-order valence-electron chi connectivity index (χ2n) is 3.81. The molecule has 0 saturated heterocycles. The van der Waals surface area contributed by atoms with Gasteiger partial charge >= 0.3 is 0 Å². The van der Waals surface area contributed by atoms with Crippen LogP contribution in [0.2, 0.25) is 0 Å². The lowest BCUT2D eigenvalue weighted by atomic mass is 10.3. The van der Waals surface area contributed by atoms with Crippen molar-refractivity contribution in [2.24, 2.45) is 4.99 Å². The molecule has 102 valence electrons. The highest BCUT2D eigenvalue weighted by Gasteiger charge is 2.13. The zero-order valence-electron chi connectivity index (χ0n) is 10.1. The van der Waals surface area contributed by atoms with Crippen molar-refractivity contribution >= 4 is 38.8 Å². The number of nitrogens with one attached hydrogen (secondary N) is 1. The molecule has 4 nitrogen and oxygen atoms in total. The second kappa shape index (κ2) is 5.92. The van der Waals surface area contributed by atoms with E-state index in [2.05, 4.69) is 27.1 Å². The van der Waals surface area contributed by atoms with Gasteiger partial charge in [-0.3, -0.25) is 4.72 Å². The molecule has 0 heterocycles. The number of aliphatic imine (C=N–C) groups is 1. The molecule has 0 amide bonds. The van der Waals surface area contributed by atoms with Gasteiger partial charge in [0.05, 0.1) is 15.7 Å². The van der Waals surface area contributed by atoms with Gasteiger partial charge in [0.2, 0.25) is 0 Å². The molecule has 20 heavy (non-hydrogen) atoms. The molecule has 0 aliphatic rings. The molecule has 0 radical (unpaired) electrons. The lowest BCUT2D eigenvalue weighted by Gasteiger charge is -2.08. The summed E-state index contributed by atoms with van der Waals surface area (Å²) in [5, 5.41) is 2.20. The minimum atomic E-state index is -3.72. The van der Waals surface area contributed by atoms with E-state index in [9.17, 15) is 12.8 Å². The zero-order valence-corrected chi connectivity index (χ0v) is 11.7. The standard InChI is InChI=1S/C13H9FN2O2S2/c14-10-1-3-12(4-2-10)16-20(17,18)13-7-5-11(6-8-13)15-9-19/h1-8,16H. The number of nitrogens with zero attached hydrogens (tertiary/aromatic N) is 1. The molecule has 0 aliphatic heterocycles. The molecule has 1 N–H and O–H groups in total. The van der Waals surface area contributed by atoms with Gasteiger partial charge in [-0.2, -0.15) is 4.99 Å². The molecule has 0 bridgehead atoms. The second-order valence-corrected chi connectivity index (χ2v) is 5.67. The van der Waals surface area contributed by atoms with Crippen LogP contribution in [0.15, 0.2) is 58.4 Å². The first-order valence-corrected chi connectivity index (χ1v) is 7.37. The van der Waals surface area contributed by atoms with Crippen molar-refractivity contribution in [3.05, 3.63) is 54.3 Å². The molecular formula is C13H9FN2O2S2. The third-order valence-corrected chi connectivity index (χ3v) is 3.91. The summed E-state index contributed by atoms with van der Waals surface area (Å²) in [5.41, 5.74) is 0.799. The van der Waals surface area contributed by atoms with Gasteiger partial charge in [-0.05, 0) is 60.7 Å². The van der Waals surface area contributed by atoms with Gasteiger partial charge in [-0.15, -0.1) is 0 Å². The van der Waals surface area contributed by atoms with Crippen LogP contribution in [-0.4, -0.2) is 13.6 Å². The van der Waals surface area contributed by atoms with Gasteiger partial charge in [0.15, 0.2) is 0 Å². The number of anilines is 1. The fourth-order valence-electron chi connectivity index (χ4n) is 1.48. The first-order chi connectivity index (χ1) is 9.51. The number of hydrogen-bond acceptors (Lipinski definition) is 4. The molecule has 2 aromatic rings. The van der Waals surface area contributed by atoms with Crippen LogP contribution in [0.4, 0.5) is 15.8 Å². The minimum Gasteiger partial charge on any atom is -0.280 e. The lowest BCUT2D eigenvalue weighted by Crippen LogP contribution is -2.12. The Balaban J connectivity index is 2.25. The van der Waals surface area contributed by atoms with Gasteiger partial charge in [0.25, 0.3) is 10.0 Å². The number of halogens is 1. The zero-order chi connectivity index (χ0) is 14.6. The number of rotatable bonds is 4. The van der Waals surface area contributed by atoms with E-state index in [1.807, 2.05) is 0 Å². The Hall–Kier alpha value is -2.08. The highest BCUT2D eigenvalue weighted by molar-refractivity contribution is 7.92. The fraction of sp³-hybridized carbons (Fsp3) is 0. The molecule has 0 unspecified atom stereocenters. The predicted octanol–water partition coefficient (Wildman–Crippen LogP) is 3.36. The van der Waals surface area contributed by atoms with Gasteiger partial charge in [-0.1, -0.05) is 0 Å². The molecule has 0 atom stereocenters. The number of isothiocyanates is 1. The molecule has 0 aromatic heterocycles. The van der Waals surface area contributed by atoms with Crippen molar-refractivity contribution in [2.45, 2.75) is 4.90 Å². The smallest absolute Gasteiger partial charge is 0.261 e. The number of sulfonamides is 1. The summed E-state index contributed by atoms with van der Waals surface area (Å²) >= 11 is 4.46. The molecule has 7 heteroatoms. The van der Waals surface area contributed by atoms with Crippen molar-refractivity contribution < 1.29 is 12.8 Å². The maximum atomic E-state index is 12.8. The Morgan fingerprint density at radius 2 is 1.65 bits per heavy atom. The van der Waals surface area contributed by atoms with E-state index < -0.39 is 15.8 Å². The lowest BCUT2D eigenvalue weighted by molar-refractivity contribution is 0.601. The monoisotopic (exact) mass is 308 g/mol. The van der Waals surface area contributed by atoms with E-state index in [1.54, 1.807) is 0 Å². The first kappa shape index (κ1) is 14.3. The summed E-state index contributed by atoms with van der Waals surface area (Å²) in [6.07, 6.45) is 0. The third kappa shape index (κ3) is 3.48. The Morgan fingerprint density at radius 3 is 2.20 bits per heavy atom. The predicted molar refractivity (Wildman–Crippen MR) is 78.3 cm³/mol. The van der Waals surface area contributed by atoms with Crippen LogP contribution in [0.3, 0.4) is 0 Å². The summed E-state index contributed by atoms with van der Waals surface area (Å²) in [6.45, 7) is 0. The van der Waals surface area contributed by atoms with Crippen LogP contribution >= 0.6 is 12.2 Å². The van der Waals surface area contributed by atoms with Crippen molar-refractivity contribution in [1.82, 2.24) is 0 Å². The normalized spacial score (nSPS) is 10.7. The Labute approximate surface area is 121 Å². The average Bonchev–Trinajstić information content (AvgIpc) is 2.42. The van der Waals surface area contributed by atoms with Crippen molar-refractivity contribution in [3.8, 4) is 0 Å². The van der Waals surface area contributed by atoms with Gasteiger partial charge in [0, 0.05) is 5.69 Å². The number of benzene rings is 2. The maximum Gasteiger partial charge on any atom is 0.261 e. The number of hydrogen-bond donors (Lipinski definition) is 1. The summed E-state index contributed by atoms with van der Waals surface area (Å²) in [6, 6.07) is 10.9. The molecule has 2 aromatic carbocycles. The van der Waals surface area contributed by atoms with E-state index >= 15 is 0 Å². The van der Waals surface area contributed by atoms with E-state index in [4.69, 9.17) is 0 Å². The fourth-order valence-corrected chi connectivity index (χ4v) is 2.65. The Bertz CT molecular complexity index is 750. The highest BCUT2D eigenvalue weighted by Crippen LogP contribution is 2.19. The number of thiocarbonyl (C=S) groups is 1. The Morgan fingerprint density at radius 1 is 1.05 bits per heavy atom. The van der Waals surface area contributed by atoms with Crippen molar-refractivity contribution in [1.29, 1.82) is 0 Å². The van der Waals surface area contributed by atoms with Gasteiger partial charge in [-0.25, -0.2) is 12.8 Å². The van der Waals surface area contributed by atoms with E-state index in [-0.39, 0.29) is 10.6 Å². The summed E-state index contributed by atoms with van der Waals surface area (Å²) in [4.78, 5) is 3.81. The minimum absolute atomic E-state index is 0.0742. The Kier molecular flexibility index (Phi) is 4.24. The quantitative estimate of drug-likeness (QED) is 0.696. The van der Waals surface area contributed by atoms with E-state index in [0.717, 1.165) is 0 Å². The first-order valence-electron chi connectivity index (χ1n) is 5.47. The SMILES string of the molecule is O=S(=O)(Nc1ccc(F)cc1)c1ccc(N=C=S)cc1. The molecule has 0 aliphatic carbocycles. The molecular weight excluding hydrogens is 299 g/mol. The van der Waals surface area contributed by atoms with Crippen LogP contribution in [0, 0.1) is 5.82 Å². The van der Waals surface area contributed by atoms with Crippen LogP contribution < -0.4 is 4.72 Å². The van der Waals surface area contributed by atoms with Gasteiger partial charge < -0.3 is 0 Å². The molecule has 2 rings (SSSR count). The van der Waals surface area contributed by atoms with Crippen molar-refractivity contribution in [3.63, 3.8) is 0 Å². The highest BCUT2D eigenvalue weighted by atomic mass is 32.2. The third-order valence-electron chi connectivity index (χ3n) is 2.42. The maximum absolute atomic E-state index is 12.8. The van der Waals surface area contributed by atoms with E-state index in [1.165, 1.54) is 48.5 Å². The molecule has 0 saturated carbocycles. The van der Waals surface area contributed by atoms with Crippen LogP contribution in [0.1, 0.15) is 0 Å². The molecule has 0 fully saturated rings. The molecule has 0 spiro atoms. The summed E-state index contributed by atoms with van der Waals surface area (Å²) in [7, 11) is -3.72. The average molecular weight is 308 g/mol. The van der Waals surface area contributed by atoms with Crippen LogP contribution in [0.5, 0.6) is 0 Å². The summed E-state index contributed by atoms with van der Waals surface area (Å²) < 4.78 is 39.3.